The van der Waals surface area contributed by atoms with E-state index >= 15 is 0 Å². The van der Waals surface area contributed by atoms with Crippen molar-refractivity contribution in [3.05, 3.63) is 101 Å². The van der Waals surface area contributed by atoms with E-state index in [1.807, 2.05) is 0 Å². The number of rotatable bonds is 9. The van der Waals surface area contributed by atoms with E-state index < -0.39 is 138 Å². The van der Waals surface area contributed by atoms with Gasteiger partial charge in [0, 0.05) is 39.8 Å². The lowest BCUT2D eigenvalue weighted by Gasteiger charge is -2.67. The molecule has 3 heterocycles. The van der Waals surface area contributed by atoms with Gasteiger partial charge in [0.2, 0.25) is 0 Å². The number of cyclic esters (lactones) is 1. The minimum absolute atomic E-state index is 0.0377. The lowest BCUT2D eigenvalue weighted by molar-refractivity contribution is -0.385. The van der Waals surface area contributed by atoms with Crippen molar-refractivity contribution in [1.29, 1.82) is 0 Å². The molecular weight excluding hydrogens is 879 g/mol. The molecule has 1 spiro atoms. The average Bonchev–Trinajstić information content (AvgIpc) is 3.51. The third-order valence-electron chi connectivity index (χ3n) is 13.3. The van der Waals surface area contributed by atoms with Gasteiger partial charge in [-0.1, -0.05) is 50.2 Å². The van der Waals surface area contributed by atoms with Gasteiger partial charge in [0.05, 0.1) is 34.2 Å². The molecule has 356 valence electrons. The summed E-state index contributed by atoms with van der Waals surface area (Å²) in [6, 6.07) is 17.8. The zero-order valence-electron chi connectivity index (χ0n) is 38.0. The Morgan fingerprint density at radius 3 is 1.78 bits per heavy atom. The molecule has 0 amide bonds. The van der Waals surface area contributed by atoms with E-state index in [0.717, 1.165) is 34.6 Å². The number of aromatic nitrogens is 1. The van der Waals surface area contributed by atoms with Crippen molar-refractivity contribution in [2.24, 2.45) is 17.3 Å². The summed E-state index contributed by atoms with van der Waals surface area (Å²) in [4.78, 5) is 116. The third-order valence-corrected chi connectivity index (χ3v) is 13.3. The molecule has 2 aliphatic heterocycles. The summed E-state index contributed by atoms with van der Waals surface area (Å²) in [6.45, 7) is 7.66. The van der Waals surface area contributed by atoms with Crippen LogP contribution in [0.3, 0.4) is 0 Å². The molecule has 0 unspecified atom stereocenters. The summed E-state index contributed by atoms with van der Waals surface area (Å²) >= 11 is 0. The van der Waals surface area contributed by atoms with Gasteiger partial charge < -0.3 is 47.7 Å². The first-order valence-electron chi connectivity index (χ1n) is 21.5. The molecule has 2 aliphatic carbocycles. The summed E-state index contributed by atoms with van der Waals surface area (Å²) in [6.07, 6.45) is -11.1. The normalized spacial score (nSPS) is 34.1. The number of carbonyl (C=O) groups is 8. The molecular formula is C48H51NO18. The van der Waals surface area contributed by atoms with Crippen LogP contribution in [-0.2, 0) is 66.6 Å². The number of aliphatic hydroxyl groups is 1. The first-order chi connectivity index (χ1) is 31.6. The lowest BCUT2D eigenvalue weighted by Crippen LogP contribution is -2.89. The largest absolute Gasteiger partial charge is 0.465 e. The molecule has 19 nitrogen and oxygen atoms in total. The van der Waals surface area contributed by atoms with E-state index in [4.69, 9.17) is 42.6 Å². The molecule has 0 radical (unpaired) electrons. The molecule has 3 fully saturated rings. The quantitative estimate of drug-likeness (QED) is 0.238. The summed E-state index contributed by atoms with van der Waals surface area (Å²) in [7, 11) is 0. The second kappa shape index (κ2) is 18.2. The van der Waals surface area contributed by atoms with E-state index in [1.165, 1.54) is 68.6 Å². The summed E-state index contributed by atoms with van der Waals surface area (Å²) in [5.74, 6) is -12.1. The van der Waals surface area contributed by atoms with E-state index in [0.29, 0.717) is 0 Å². The maximum absolute atomic E-state index is 14.8. The Morgan fingerprint density at radius 2 is 1.22 bits per heavy atom. The topological polar surface area (TPSA) is 253 Å². The fourth-order valence-electron chi connectivity index (χ4n) is 10.4. The Bertz CT molecular complexity index is 2460. The maximum atomic E-state index is 14.8. The van der Waals surface area contributed by atoms with Crippen molar-refractivity contribution in [2.75, 3.05) is 13.2 Å². The maximum Gasteiger partial charge on any atom is 0.340 e. The van der Waals surface area contributed by atoms with Crippen LogP contribution >= 0.6 is 0 Å². The molecule has 7 rings (SSSR count). The molecule has 13 atom stereocenters. The molecule has 2 saturated carbocycles. The highest BCUT2D eigenvalue weighted by molar-refractivity contribution is 5.92. The molecule has 1 aromatic heterocycles. The first-order valence-corrected chi connectivity index (χ1v) is 21.5. The summed E-state index contributed by atoms with van der Waals surface area (Å²) in [5.41, 5.74) is -10.7. The molecule has 67 heavy (non-hydrogen) atoms. The molecule has 1 saturated heterocycles. The van der Waals surface area contributed by atoms with Crippen molar-refractivity contribution in [2.45, 2.75) is 115 Å². The second-order valence-electron chi connectivity index (χ2n) is 17.7. The Kier molecular flexibility index (Phi) is 13.1. The molecule has 1 N–H and O–H groups in total. The van der Waals surface area contributed by atoms with Crippen molar-refractivity contribution >= 4 is 47.8 Å². The zero-order chi connectivity index (χ0) is 48.8. The van der Waals surface area contributed by atoms with E-state index in [1.54, 1.807) is 31.2 Å². The highest BCUT2D eigenvalue weighted by atomic mass is 16.7. The minimum Gasteiger partial charge on any atom is -0.465 e. The van der Waals surface area contributed by atoms with Gasteiger partial charge in [0.15, 0.2) is 30.0 Å². The van der Waals surface area contributed by atoms with Crippen LogP contribution in [0.2, 0.25) is 0 Å². The fourth-order valence-corrected chi connectivity index (χ4v) is 10.4. The zero-order valence-corrected chi connectivity index (χ0v) is 38.0. The van der Waals surface area contributed by atoms with Crippen LogP contribution in [0.15, 0.2) is 79.0 Å². The Balaban J connectivity index is 1.65. The Hall–Kier alpha value is -6.73. The van der Waals surface area contributed by atoms with Gasteiger partial charge in [-0.3, -0.25) is 29.0 Å². The number of carbonyl (C=O) groups excluding carboxylic acids is 8. The number of esters is 8. The SMILES string of the molecule is CC(=O)OC[C@]12[C@H](OC(C)=O)[C@H](OC(C)=O)[C@@H]3[C@@H](OC(=O)c4ccccc4)[C@@]14O[C@@]3(C)COC(=O)c1cccnc1[C@@H](C)[C@H](C)C(=O)O[C@@H]([C@H](OC(C)=O)[C@@H]2OC(=O)c1ccccc1)[C@]4(C)O. The number of ether oxygens (including phenoxy) is 9. The monoisotopic (exact) mass is 929 g/mol. The van der Waals surface area contributed by atoms with Crippen molar-refractivity contribution in [3.8, 4) is 0 Å². The third kappa shape index (κ3) is 8.17. The van der Waals surface area contributed by atoms with E-state index in [2.05, 4.69) is 4.98 Å². The van der Waals surface area contributed by atoms with Gasteiger partial charge in [-0.15, -0.1) is 0 Å². The van der Waals surface area contributed by atoms with Crippen LogP contribution in [-0.4, -0.2) is 124 Å². The molecule has 3 aromatic rings. The van der Waals surface area contributed by atoms with Crippen LogP contribution in [0.1, 0.15) is 98.1 Å². The van der Waals surface area contributed by atoms with Crippen LogP contribution in [0.25, 0.3) is 0 Å². The molecule has 4 bridgehead atoms. The first kappa shape index (κ1) is 48.2. The highest BCUT2D eigenvalue weighted by Gasteiger charge is 2.92. The molecule has 4 aliphatic rings. The number of benzene rings is 2. The van der Waals surface area contributed by atoms with E-state index in [9.17, 15) is 43.5 Å². The van der Waals surface area contributed by atoms with Crippen LogP contribution in [0.4, 0.5) is 0 Å². The standard InChI is InChI=1S/C48H51NO18/c1-24-25(2)41(54)65-38-36(62-28(5)52)40(66-43(56)31-18-13-10-14-19-31)47(23-59-26(3)50)39(63-29(6)53)35(61-27(4)51)33-37(64-42(55)30-16-11-9-12-17-30)48(47,46(38,8)58)67-45(33,7)22-60-44(57)32-20-15-21-49-34(24)32/h9-21,24-25,33,35-40,58H,22-23H2,1-8H3/t24-,25-,33+,35+,36-,37+,38-,39+,40-,45-,46-,47+,48-/m0/s1. The van der Waals surface area contributed by atoms with Gasteiger partial charge in [-0.25, -0.2) is 14.4 Å². The van der Waals surface area contributed by atoms with Gasteiger partial charge in [0.25, 0.3) is 0 Å². The number of fused-ring (bicyclic) bond motifs is 5. The van der Waals surface area contributed by atoms with Gasteiger partial charge in [0.1, 0.15) is 42.0 Å². The van der Waals surface area contributed by atoms with Crippen molar-refractivity contribution < 1.29 is 86.1 Å². The van der Waals surface area contributed by atoms with Gasteiger partial charge in [-0.05, 0) is 50.2 Å². The summed E-state index contributed by atoms with van der Waals surface area (Å²) < 4.78 is 56.6. The number of hydrogen-bond acceptors (Lipinski definition) is 19. The number of pyridine rings is 1. The van der Waals surface area contributed by atoms with Crippen molar-refractivity contribution in [1.82, 2.24) is 4.98 Å². The lowest BCUT2D eigenvalue weighted by atomic mass is 9.45. The van der Waals surface area contributed by atoms with Crippen LogP contribution in [0, 0.1) is 17.3 Å². The highest BCUT2D eigenvalue weighted by Crippen LogP contribution is 2.70. The smallest absolute Gasteiger partial charge is 0.340 e. The Morgan fingerprint density at radius 1 is 0.687 bits per heavy atom. The predicted octanol–water partition coefficient (Wildman–Crippen LogP) is 3.62. The van der Waals surface area contributed by atoms with Gasteiger partial charge >= 0.3 is 47.8 Å². The van der Waals surface area contributed by atoms with Crippen LogP contribution < -0.4 is 0 Å². The average molecular weight is 930 g/mol. The number of hydrogen-bond donors (Lipinski definition) is 1. The minimum atomic E-state index is -2.91. The molecule has 2 aromatic carbocycles. The predicted molar refractivity (Wildman–Crippen MR) is 225 cm³/mol. The van der Waals surface area contributed by atoms with E-state index in [-0.39, 0.29) is 22.4 Å². The van der Waals surface area contributed by atoms with Gasteiger partial charge in [-0.2, -0.15) is 0 Å². The Labute approximate surface area is 384 Å². The fraction of sp³-hybridized carbons (Fsp3) is 0.479. The van der Waals surface area contributed by atoms with Crippen molar-refractivity contribution in [3.63, 3.8) is 0 Å². The second-order valence-corrected chi connectivity index (χ2v) is 17.7. The van der Waals surface area contributed by atoms with Crippen LogP contribution in [0.5, 0.6) is 0 Å². The summed E-state index contributed by atoms with van der Waals surface area (Å²) in [5, 5.41) is 13.9. The molecule has 19 heteroatoms. The number of nitrogens with zero attached hydrogens (tertiary/aromatic N) is 1.